The second-order valence-electron chi connectivity index (χ2n) is 2.88. The van der Waals surface area contributed by atoms with E-state index >= 15 is 0 Å². The molecule has 0 aliphatic heterocycles. The Labute approximate surface area is 86.8 Å². The summed E-state index contributed by atoms with van der Waals surface area (Å²) in [5.41, 5.74) is 0.836. The molecule has 1 rings (SSSR count). The maximum atomic E-state index is 10.0. The third kappa shape index (κ3) is 3.30. The minimum atomic E-state index is -0.516. The number of phenols is 1. The van der Waals surface area contributed by atoms with Gasteiger partial charge in [-0.3, -0.25) is 10.1 Å². The van der Waals surface area contributed by atoms with Gasteiger partial charge in [-0.25, -0.2) is 0 Å². The van der Waals surface area contributed by atoms with E-state index < -0.39 is 4.92 Å². The highest BCUT2D eigenvalue weighted by Crippen LogP contribution is 2.26. The van der Waals surface area contributed by atoms with Gasteiger partial charge in [0.05, 0.1) is 12.0 Å². The van der Waals surface area contributed by atoms with E-state index in [-0.39, 0.29) is 5.75 Å². The van der Waals surface area contributed by atoms with Crippen LogP contribution in [0.5, 0.6) is 11.5 Å². The molecule has 15 heavy (non-hydrogen) atoms. The predicted molar refractivity (Wildman–Crippen MR) is 54.5 cm³/mol. The maximum Gasteiger partial charge on any atom is 0.230 e. The third-order valence-corrected chi connectivity index (χ3v) is 1.82. The van der Waals surface area contributed by atoms with E-state index in [1.54, 1.807) is 12.1 Å². The van der Waals surface area contributed by atoms with E-state index in [0.717, 1.165) is 11.8 Å². The quantitative estimate of drug-likeness (QED) is 0.605. The first-order chi connectivity index (χ1) is 7.13. The molecule has 1 aromatic rings. The first kappa shape index (κ1) is 11.0. The lowest BCUT2D eigenvalue weighted by Gasteiger charge is -2.04. The number of nitro groups is 1. The summed E-state index contributed by atoms with van der Waals surface area (Å²) in [4.78, 5) is 9.50. The zero-order valence-corrected chi connectivity index (χ0v) is 8.21. The summed E-state index contributed by atoms with van der Waals surface area (Å²) in [6.45, 7) is 0. The van der Waals surface area contributed by atoms with Crippen LogP contribution in [0.25, 0.3) is 0 Å². The van der Waals surface area contributed by atoms with Crippen molar-refractivity contribution in [3.05, 3.63) is 46.2 Å². The molecule has 0 saturated heterocycles. The molecule has 5 nitrogen and oxygen atoms in total. The number of aromatic hydroxyl groups is 1. The van der Waals surface area contributed by atoms with Crippen LogP contribution in [0, 0.1) is 10.1 Å². The lowest BCUT2D eigenvalue weighted by molar-refractivity contribution is -0.402. The summed E-state index contributed by atoms with van der Waals surface area (Å²) in [5, 5.41) is 19.3. The van der Waals surface area contributed by atoms with Crippen molar-refractivity contribution in [1.82, 2.24) is 0 Å². The van der Waals surface area contributed by atoms with E-state index in [4.69, 9.17) is 4.74 Å². The van der Waals surface area contributed by atoms with Crippen LogP contribution in [-0.4, -0.2) is 17.1 Å². The zero-order valence-electron chi connectivity index (χ0n) is 8.21. The summed E-state index contributed by atoms with van der Waals surface area (Å²) in [5.74, 6) is 0.418. The van der Waals surface area contributed by atoms with Crippen LogP contribution in [0.2, 0.25) is 0 Å². The highest BCUT2D eigenvalue weighted by molar-refractivity contribution is 5.42. The van der Waals surface area contributed by atoms with Crippen LogP contribution >= 0.6 is 0 Å². The summed E-state index contributed by atoms with van der Waals surface area (Å²) in [6, 6.07) is 4.82. The molecular weight excluding hydrogens is 198 g/mol. The van der Waals surface area contributed by atoms with Gasteiger partial charge in [0.1, 0.15) is 0 Å². The molecule has 0 aliphatic rings. The minimum Gasteiger partial charge on any atom is -0.504 e. The van der Waals surface area contributed by atoms with Crippen molar-refractivity contribution in [2.24, 2.45) is 0 Å². The fourth-order valence-corrected chi connectivity index (χ4v) is 1.12. The first-order valence-corrected chi connectivity index (χ1v) is 4.29. The van der Waals surface area contributed by atoms with Crippen molar-refractivity contribution in [3.63, 3.8) is 0 Å². The molecule has 80 valence electrons. The predicted octanol–water partition coefficient (Wildman–Crippen LogP) is 1.73. The lowest BCUT2D eigenvalue weighted by atomic mass is 10.1. The standard InChI is InChI=1S/C10H11NO4/c1-15-10-7-8(4-5-9(10)12)3-2-6-11(13)14/h2,4-7,12H,3H2,1H3/b6-2-. The maximum absolute atomic E-state index is 10.0. The fourth-order valence-electron chi connectivity index (χ4n) is 1.12. The summed E-state index contributed by atoms with van der Waals surface area (Å²) in [6.07, 6.45) is 2.75. The Kier molecular flexibility index (Phi) is 3.68. The molecule has 0 bridgehead atoms. The van der Waals surface area contributed by atoms with E-state index in [1.807, 2.05) is 0 Å². The molecule has 0 saturated carbocycles. The van der Waals surface area contributed by atoms with Gasteiger partial charge in [-0.2, -0.15) is 0 Å². The van der Waals surface area contributed by atoms with Crippen LogP contribution in [0.3, 0.4) is 0 Å². The molecule has 0 fully saturated rings. The van der Waals surface area contributed by atoms with Gasteiger partial charge in [-0.1, -0.05) is 6.07 Å². The highest BCUT2D eigenvalue weighted by atomic mass is 16.6. The number of allylic oxidation sites excluding steroid dienone is 1. The van der Waals surface area contributed by atoms with Crippen LogP contribution in [0.4, 0.5) is 0 Å². The van der Waals surface area contributed by atoms with E-state index in [9.17, 15) is 15.2 Å². The van der Waals surface area contributed by atoms with Gasteiger partial charge < -0.3 is 9.84 Å². The lowest BCUT2D eigenvalue weighted by Crippen LogP contribution is -1.88. The molecule has 0 aromatic heterocycles. The number of rotatable bonds is 4. The van der Waals surface area contributed by atoms with Gasteiger partial charge in [0.15, 0.2) is 11.5 Å². The van der Waals surface area contributed by atoms with Crippen LogP contribution in [0.15, 0.2) is 30.5 Å². The molecule has 0 amide bonds. The number of hydrogen-bond donors (Lipinski definition) is 1. The monoisotopic (exact) mass is 209 g/mol. The van der Waals surface area contributed by atoms with Gasteiger partial charge in [0.2, 0.25) is 6.20 Å². The van der Waals surface area contributed by atoms with Crippen molar-refractivity contribution >= 4 is 0 Å². The Balaban J connectivity index is 2.74. The van der Waals surface area contributed by atoms with Crippen LogP contribution < -0.4 is 4.74 Å². The van der Waals surface area contributed by atoms with E-state index in [2.05, 4.69) is 0 Å². The molecule has 0 aliphatic carbocycles. The fraction of sp³-hybridized carbons (Fsp3) is 0.200. The number of phenolic OH excluding ortho intramolecular Hbond substituents is 1. The Morgan fingerprint density at radius 2 is 2.33 bits per heavy atom. The number of benzene rings is 1. The second-order valence-corrected chi connectivity index (χ2v) is 2.88. The number of ether oxygens (including phenoxy) is 1. The Morgan fingerprint density at radius 1 is 1.60 bits per heavy atom. The Morgan fingerprint density at radius 3 is 2.93 bits per heavy atom. The molecule has 0 unspecified atom stereocenters. The minimum absolute atomic E-state index is 0.0551. The largest absolute Gasteiger partial charge is 0.504 e. The molecule has 0 spiro atoms. The first-order valence-electron chi connectivity index (χ1n) is 4.29. The van der Waals surface area contributed by atoms with Gasteiger partial charge in [-0.15, -0.1) is 0 Å². The van der Waals surface area contributed by atoms with Crippen molar-refractivity contribution in [1.29, 1.82) is 0 Å². The summed E-state index contributed by atoms with van der Waals surface area (Å²) >= 11 is 0. The van der Waals surface area contributed by atoms with E-state index in [0.29, 0.717) is 12.2 Å². The van der Waals surface area contributed by atoms with Crippen molar-refractivity contribution < 1.29 is 14.8 Å². The SMILES string of the molecule is COc1cc(C/C=C\[N+](=O)[O-])ccc1O. The molecule has 1 aromatic carbocycles. The molecule has 0 atom stereocenters. The third-order valence-electron chi connectivity index (χ3n) is 1.82. The summed E-state index contributed by atoms with van der Waals surface area (Å²) < 4.78 is 4.91. The van der Waals surface area contributed by atoms with Gasteiger partial charge >= 0.3 is 0 Å². The smallest absolute Gasteiger partial charge is 0.230 e. The molecule has 5 heteroatoms. The molecule has 0 heterocycles. The van der Waals surface area contributed by atoms with Crippen molar-refractivity contribution in [3.8, 4) is 11.5 Å². The van der Waals surface area contributed by atoms with E-state index in [1.165, 1.54) is 19.3 Å². The van der Waals surface area contributed by atoms with Crippen LogP contribution in [0.1, 0.15) is 5.56 Å². The topological polar surface area (TPSA) is 72.6 Å². The Bertz CT molecular complexity index is 387. The number of nitrogens with zero attached hydrogens (tertiary/aromatic N) is 1. The normalized spacial score (nSPS) is 10.5. The van der Waals surface area contributed by atoms with Gasteiger partial charge in [0, 0.05) is 0 Å². The van der Waals surface area contributed by atoms with Crippen molar-refractivity contribution in [2.75, 3.05) is 7.11 Å². The highest BCUT2D eigenvalue weighted by Gasteiger charge is 2.01. The molecule has 0 radical (unpaired) electrons. The average Bonchev–Trinajstić information content (AvgIpc) is 2.20. The van der Waals surface area contributed by atoms with Gasteiger partial charge in [-0.05, 0) is 30.2 Å². The number of methoxy groups -OCH3 is 1. The average molecular weight is 209 g/mol. The number of hydrogen-bond acceptors (Lipinski definition) is 4. The summed E-state index contributed by atoms with van der Waals surface area (Å²) in [7, 11) is 1.45. The zero-order chi connectivity index (χ0) is 11.3. The second kappa shape index (κ2) is 4.99. The molecular formula is C10H11NO4. The van der Waals surface area contributed by atoms with Gasteiger partial charge in [0.25, 0.3) is 0 Å². The Hall–Kier alpha value is -2.04. The van der Waals surface area contributed by atoms with Crippen LogP contribution in [-0.2, 0) is 6.42 Å². The molecule has 1 N–H and O–H groups in total. The van der Waals surface area contributed by atoms with Crippen molar-refractivity contribution in [2.45, 2.75) is 6.42 Å².